The summed E-state index contributed by atoms with van der Waals surface area (Å²) in [5.41, 5.74) is 1.97. The van der Waals surface area contributed by atoms with Crippen LogP contribution in [0.2, 0.25) is 0 Å². The lowest BCUT2D eigenvalue weighted by Crippen LogP contribution is -2.34. The third-order valence-corrected chi connectivity index (χ3v) is 3.05. The van der Waals surface area contributed by atoms with Crippen molar-refractivity contribution in [2.24, 2.45) is 0 Å². The second-order valence-electron chi connectivity index (χ2n) is 5.88. The molecule has 0 spiro atoms. The summed E-state index contributed by atoms with van der Waals surface area (Å²) in [5.74, 6) is -0.425. The predicted molar refractivity (Wildman–Crippen MR) is 82.2 cm³/mol. The van der Waals surface area contributed by atoms with E-state index < -0.39 is 0 Å². The number of carbonyl (C=O) groups excluding carboxylic acids is 2. The molecule has 6 nitrogen and oxygen atoms in total. The molecule has 0 radical (unpaired) electrons. The molecule has 0 saturated heterocycles. The minimum absolute atomic E-state index is 0.173. The zero-order valence-electron chi connectivity index (χ0n) is 13.4. The Morgan fingerprint density at radius 3 is 2.29 bits per heavy atom. The highest BCUT2D eigenvalue weighted by atomic mass is 16.2. The number of aromatic nitrogens is 2. The molecule has 116 valence electrons. The van der Waals surface area contributed by atoms with E-state index in [9.17, 15) is 9.59 Å². The molecule has 2 N–H and O–H groups in total. The number of nitrogens with zero attached hydrogens (tertiary/aromatic N) is 2. The molecule has 21 heavy (non-hydrogen) atoms. The van der Waals surface area contributed by atoms with Crippen LogP contribution in [0.3, 0.4) is 0 Å². The molecule has 0 aliphatic heterocycles. The van der Waals surface area contributed by atoms with E-state index in [1.807, 2.05) is 39.3 Å². The molecule has 6 heteroatoms. The van der Waals surface area contributed by atoms with Crippen LogP contribution in [0.1, 0.15) is 42.5 Å². The van der Waals surface area contributed by atoms with Crippen LogP contribution in [0, 0.1) is 13.8 Å². The van der Waals surface area contributed by atoms with Crippen LogP contribution in [0.15, 0.2) is 12.7 Å². The summed E-state index contributed by atoms with van der Waals surface area (Å²) in [6, 6.07) is 0. The van der Waals surface area contributed by atoms with Gasteiger partial charge in [0.1, 0.15) is 0 Å². The number of hydrogen-bond donors (Lipinski definition) is 2. The van der Waals surface area contributed by atoms with Crippen molar-refractivity contribution in [3.8, 4) is 0 Å². The van der Waals surface area contributed by atoms with E-state index in [0.717, 1.165) is 5.69 Å². The van der Waals surface area contributed by atoms with Gasteiger partial charge in [-0.2, -0.15) is 5.10 Å². The number of aryl methyl sites for hydroxylation is 1. The topological polar surface area (TPSA) is 76.0 Å². The first kappa shape index (κ1) is 16.9. The molecule has 1 rings (SSSR count). The maximum absolute atomic E-state index is 12.2. The molecule has 1 heterocycles. The average molecular weight is 292 g/mol. The van der Waals surface area contributed by atoms with Crippen LogP contribution in [0.4, 0.5) is 0 Å². The maximum Gasteiger partial charge on any atom is 0.255 e. The number of amides is 2. The fourth-order valence-electron chi connectivity index (χ4n) is 2.15. The van der Waals surface area contributed by atoms with Gasteiger partial charge in [0.05, 0.1) is 16.8 Å². The molecular formula is C15H24N4O2. The van der Waals surface area contributed by atoms with Gasteiger partial charge in [-0.25, -0.2) is 0 Å². The quantitative estimate of drug-likeness (QED) is 0.634. The summed E-state index contributed by atoms with van der Waals surface area (Å²) >= 11 is 0. The molecular weight excluding hydrogens is 268 g/mol. The molecule has 0 fully saturated rings. The van der Waals surface area contributed by atoms with Crippen molar-refractivity contribution in [2.45, 2.75) is 40.2 Å². The van der Waals surface area contributed by atoms with Crippen molar-refractivity contribution in [3.63, 3.8) is 0 Å². The summed E-state index contributed by atoms with van der Waals surface area (Å²) in [5, 5.41) is 9.83. The first-order valence-corrected chi connectivity index (χ1v) is 6.93. The molecule has 0 unspecified atom stereocenters. The fraction of sp³-hybridized carbons (Fsp3) is 0.533. The Balaban J connectivity index is 2.73. The van der Waals surface area contributed by atoms with E-state index in [1.54, 1.807) is 0 Å². The highest BCUT2D eigenvalue weighted by Crippen LogP contribution is 2.21. The van der Waals surface area contributed by atoms with E-state index in [2.05, 4.69) is 22.3 Å². The SMILES string of the molecule is C=CC(=O)NCCNC(=O)c1c(C)nn(C(C)(C)C)c1C. The van der Waals surface area contributed by atoms with Gasteiger partial charge in [-0.3, -0.25) is 14.3 Å². The lowest BCUT2D eigenvalue weighted by atomic mass is 10.1. The van der Waals surface area contributed by atoms with Crippen LogP contribution in [0.25, 0.3) is 0 Å². The molecule has 0 bridgehead atoms. The van der Waals surface area contributed by atoms with Gasteiger partial charge in [0.25, 0.3) is 5.91 Å². The molecule has 1 aromatic rings. The van der Waals surface area contributed by atoms with Gasteiger partial charge in [0, 0.05) is 18.8 Å². The minimum atomic E-state index is -0.253. The Bertz CT molecular complexity index is 553. The number of nitrogens with one attached hydrogen (secondary N) is 2. The Hall–Kier alpha value is -2.11. The van der Waals surface area contributed by atoms with Crippen LogP contribution < -0.4 is 10.6 Å². The van der Waals surface area contributed by atoms with Gasteiger partial charge in [-0.05, 0) is 40.7 Å². The summed E-state index contributed by atoms with van der Waals surface area (Å²) in [6.45, 7) is 13.9. The van der Waals surface area contributed by atoms with E-state index in [1.165, 1.54) is 6.08 Å². The van der Waals surface area contributed by atoms with Crippen molar-refractivity contribution >= 4 is 11.8 Å². The van der Waals surface area contributed by atoms with E-state index >= 15 is 0 Å². The fourth-order valence-corrected chi connectivity index (χ4v) is 2.15. The number of rotatable bonds is 5. The maximum atomic E-state index is 12.2. The molecule has 0 atom stereocenters. The van der Waals surface area contributed by atoms with Crippen molar-refractivity contribution in [2.75, 3.05) is 13.1 Å². The van der Waals surface area contributed by atoms with Crippen LogP contribution in [-0.2, 0) is 10.3 Å². The van der Waals surface area contributed by atoms with Crippen molar-refractivity contribution in [1.29, 1.82) is 0 Å². The predicted octanol–water partition coefficient (Wildman–Crippen LogP) is 1.29. The van der Waals surface area contributed by atoms with Gasteiger partial charge in [0.15, 0.2) is 0 Å². The minimum Gasteiger partial charge on any atom is -0.351 e. The van der Waals surface area contributed by atoms with Crippen LogP contribution in [0.5, 0.6) is 0 Å². The van der Waals surface area contributed by atoms with Gasteiger partial charge in [0.2, 0.25) is 5.91 Å². The summed E-state index contributed by atoms with van der Waals surface area (Å²) in [4.78, 5) is 23.2. The highest BCUT2D eigenvalue weighted by molar-refractivity contribution is 5.96. The van der Waals surface area contributed by atoms with Gasteiger partial charge in [-0.1, -0.05) is 6.58 Å². The third-order valence-electron chi connectivity index (χ3n) is 3.05. The lowest BCUT2D eigenvalue weighted by molar-refractivity contribution is -0.116. The van der Waals surface area contributed by atoms with Crippen molar-refractivity contribution in [3.05, 3.63) is 29.6 Å². The van der Waals surface area contributed by atoms with Crippen molar-refractivity contribution in [1.82, 2.24) is 20.4 Å². The summed E-state index contributed by atoms with van der Waals surface area (Å²) in [6.07, 6.45) is 1.20. The molecule has 2 amide bonds. The molecule has 1 aromatic heterocycles. The normalized spacial score (nSPS) is 11.1. The summed E-state index contributed by atoms with van der Waals surface area (Å²) in [7, 11) is 0. The Kier molecular flexibility index (Phi) is 5.29. The molecule has 0 aliphatic rings. The van der Waals surface area contributed by atoms with Gasteiger partial charge in [-0.15, -0.1) is 0 Å². The van der Waals surface area contributed by atoms with Gasteiger partial charge < -0.3 is 10.6 Å². The zero-order chi connectivity index (χ0) is 16.2. The number of hydrogen-bond acceptors (Lipinski definition) is 3. The zero-order valence-corrected chi connectivity index (χ0v) is 13.4. The Labute approximate surface area is 125 Å². The lowest BCUT2D eigenvalue weighted by Gasteiger charge is -2.21. The second kappa shape index (κ2) is 6.56. The smallest absolute Gasteiger partial charge is 0.255 e. The number of carbonyl (C=O) groups is 2. The van der Waals surface area contributed by atoms with E-state index in [0.29, 0.717) is 24.3 Å². The molecule has 0 saturated carbocycles. The highest BCUT2D eigenvalue weighted by Gasteiger charge is 2.24. The first-order chi connectivity index (χ1) is 9.68. The second-order valence-corrected chi connectivity index (χ2v) is 5.88. The van der Waals surface area contributed by atoms with Crippen LogP contribution >= 0.6 is 0 Å². The van der Waals surface area contributed by atoms with Crippen molar-refractivity contribution < 1.29 is 9.59 Å². The third kappa shape index (κ3) is 4.18. The Morgan fingerprint density at radius 2 is 1.81 bits per heavy atom. The largest absolute Gasteiger partial charge is 0.351 e. The van der Waals surface area contributed by atoms with E-state index in [4.69, 9.17) is 0 Å². The average Bonchev–Trinajstić information content (AvgIpc) is 2.69. The first-order valence-electron chi connectivity index (χ1n) is 6.93. The standard InChI is InChI=1S/C15H24N4O2/c1-7-12(20)16-8-9-17-14(21)13-10(2)18-19(11(13)3)15(4,5)6/h7H,1,8-9H2,2-6H3,(H,16,20)(H,17,21). The molecule has 0 aliphatic carbocycles. The van der Waals surface area contributed by atoms with E-state index in [-0.39, 0.29) is 17.4 Å². The van der Waals surface area contributed by atoms with Crippen LogP contribution in [-0.4, -0.2) is 34.7 Å². The summed E-state index contributed by atoms with van der Waals surface area (Å²) < 4.78 is 1.86. The molecule has 0 aromatic carbocycles. The Morgan fingerprint density at radius 1 is 1.24 bits per heavy atom. The monoisotopic (exact) mass is 292 g/mol. The van der Waals surface area contributed by atoms with Gasteiger partial charge >= 0.3 is 0 Å².